The number of benzene rings is 3. The first-order chi connectivity index (χ1) is 14.0. The summed E-state index contributed by atoms with van der Waals surface area (Å²) in [5.41, 5.74) is 0.823. The Balaban J connectivity index is 1.73. The van der Waals surface area contributed by atoms with E-state index in [4.69, 9.17) is 0 Å². The largest absolute Gasteiger partial charge is 0.299 e. The van der Waals surface area contributed by atoms with Crippen molar-refractivity contribution in [2.45, 2.75) is 37.1 Å². The van der Waals surface area contributed by atoms with E-state index in [-0.39, 0.29) is 22.5 Å². The van der Waals surface area contributed by atoms with E-state index < -0.39 is 16.1 Å². The highest BCUT2D eigenvalue weighted by molar-refractivity contribution is 7.89. The lowest BCUT2D eigenvalue weighted by Gasteiger charge is -2.34. The van der Waals surface area contributed by atoms with E-state index in [2.05, 4.69) is 4.72 Å². The molecule has 3 aromatic rings. The van der Waals surface area contributed by atoms with E-state index in [9.17, 15) is 13.2 Å². The van der Waals surface area contributed by atoms with Crippen LogP contribution in [0.2, 0.25) is 0 Å². The van der Waals surface area contributed by atoms with Crippen molar-refractivity contribution in [2.75, 3.05) is 0 Å². The van der Waals surface area contributed by atoms with Crippen molar-refractivity contribution < 1.29 is 13.2 Å². The smallest absolute Gasteiger partial charge is 0.241 e. The molecule has 0 amide bonds. The maximum Gasteiger partial charge on any atom is 0.241 e. The lowest BCUT2D eigenvalue weighted by atomic mass is 9.74. The van der Waals surface area contributed by atoms with Gasteiger partial charge in [-0.3, -0.25) is 4.79 Å². The fourth-order valence-corrected chi connectivity index (χ4v) is 5.64. The van der Waals surface area contributed by atoms with E-state index in [0.717, 1.165) is 29.2 Å². The summed E-state index contributed by atoms with van der Waals surface area (Å²) in [6, 6.07) is 21.7. The number of ketones is 1. The molecule has 1 aliphatic rings. The Hall–Kier alpha value is -2.50. The Bertz CT molecular complexity index is 1130. The number of hydrogen-bond donors (Lipinski definition) is 1. The highest BCUT2D eigenvalue weighted by atomic mass is 32.2. The number of rotatable bonds is 5. The van der Waals surface area contributed by atoms with E-state index in [1.807, 2.05) is 67.6 Å². The number of sulfonamides is 1. The molecule has 0 aliphatic heterocycles. The van der Waals surface area contributed by atoms with Crippen molar-refractivity contribution >= 4 is 26.6 Å². The number of carbonyl (C=O) groups excluding carboxylic acids is 1. The van der Waals surface area contributed by atoms with Crippen molar-refractivity contribution in [3.8, 4) is 0 Å². The SMILES string of the molecule is C[C@@H]1CCCC(=O)[C@H]1[C@H](NS(=O)(=O)c1ccc2ccccc2c1)c1ccccc1. The van der Waals surface area contributed by atoms with Crippen molar-refractivity contribution in [1.29, 1.82) is 0 Å². The fourth-order valence-electron chi connectivity index (χ4n) is 4.36. The minimum absolute atomic E-state index is 0.126. The standard InChI is InChI=1S/C24H25NO3S/c1-17-8-7-13-22(26)23(17)24(19-10-3-2-4-11-19)25-29(27,28)21-15-14-18-9-5-6-12-20(18)16-21/h2-6,9-12,14-17,23-25H,7-8,13H2,1H3/t17-,23+,24-/m1/s1. The molecule has 1 aliphatic carbocycles. The molecule has 0 aromatic heterocycles. The van der Waals surface area contributed by atoms with Crippen LogP contribution >= 0.6 is 0 Å². The molecule has 5 heteroatoms. The molecular formula is C24H25NO3S. The summed E-state index contributed by atoms with van der Waals surface area (Å²) in [5, 5.41) is 1.86. The molecule has 0 saturated heterocycles. The maximum atomic E-state index is 13.3. The molecule has 1 saturated carbocycles. The molecule has 0 unspecified atom stereocenters. The molecule has 29 heavy (non-hydrogen) atoms. The van der Waals surface area contributed by atoms with Crippen LogP contribution in [0, 0.1) is 11.8 Å². The lowest BCUT2D eigenvalue weighted by molar-refractivity contribution is -0.127. The zero-order valence-electron chi connectivity index (χ0n) is 16.4. The Labute approximate surface area is 172 Å². The Kier molecular flexibility index (Phi) is 5.52. The molecule has 1 fully saturated rings. The maximum absolute atomic E-state index is 13.3. The molecule has 4 nitrogen and oxygen atoms in total. The van der Waals surface area contributed by atoms with Crippen LogP contribution in [0.15, 0.2) is 77.7 Å². The van der Waals surface area contributed by atoms with Crippen LogP contribution in [0.1, 0.15) is 37.8 Å². The third-order valence-corrected chi connectivity index (χ3v) is 7.34. The fraction of sp³-hybridized carbons (Fsp3) is 0.292. The van der Waals surface area contributed by atoms with Gasteiger partial charge in [-0.2, -0.15) is 0 Å². The lowest BCUT2D eigenvalue weighted by Crippen LogP contribution is -2.41. The summed E-state index contributed by atoms with van der Waals surface area (Å²) in [4.78, 5) is 13.0. The third-order valence-electron chi connectivity index (χ3n) is 5.90. The van der Waals surface area contributed by atoms with Gasteiger partial charge in [-0.05, 0) is 47.2 Å². The van der Waals surface area contributed by atoms with Gasteiger partial charge in [0.15, 0.2) is 0 Å². The van der Waals surface area contributed by atoms with Crippen molar-refractivity contribution in [1.82, 2.24) is 4.72 Å². The second-order valence-electron chi connectivity index (χ2n) is 7.88. The van der Waals surface area contributed by atoms with Crippen LogP contribution in [0.25, 0.3) is 10.8 Å². The first-order valence-corrected chi connectivity index (χ1v) is 11.5. The highest BCUT2D eigenvalue weighted by Gasteiger charge is 2.38. The van der Waals surface area contributed by atoms with Gasteiger partial charge in [-0.25, -0.2) is 13.1 Å². The number of nitrogens with one attached hydrogen (secondary N) is 1. The van der Waals surface area contributed by atoms with Gasteiger partial charge in [0, 0.05) is 12.3 Å². The molecule has 0 heterocycles. The molecule has 0 bridgehead atoms. The molecule has 4 rings (SSSR count). The minimum atomic E-state index is -3.80. The average molecular weight is 408 g/mol. The van der Waals surface area contributed by atoms with Gasteiger partial charge >= 0.3 is 0 Å². The summed E-state index contributed by atoms with van der Waals surface area (Å²) in [6.07, 6.45) is 2.31. The molecule has 3 atom stereocenters. The van der Waals surface area contributed by atoms with E-state index in [0.29, 0.717) is 6.42 Å². The van der Waals surface area contributed by atoms with Crippen molar-refractivity contribution in [2.24, 2.45) is 11.8 Å². The Morgan fingerprint density at radius 3 is 2.34 bits per heavy atom. The number of carbonyl (C=O) groups is 1. The van der Waals surface area contributed by atoms with E-state index in [1.165, 1.54) is 0 Å². The predicted octanol–water partition coefficient (Wildman–Crippen LogP) is 4.86. The first kappa shape index (κ1) is 19.8. The van der Waals surface area contributed by atoms with Gasteiger partial charge in [0.05, 0.1) is 10.9 Å². The second-order valence-corrected chi connectivity index (χ2v) is 9.59. The topological polar surface area (TPSA) is 63.2 Å². The van der Waals surface area contributed by atoms with Gasteiger partial charge < -0.3 is 0 Å². The molecule has 150 valence electrons. The highest BCUT2D eigenvalue weighted by Crippen LogP contribution is 2.37. The first-order valence-electron chi connectivity index (χ1n) is 10.0. The van der Waals surface area contributed by atoms with Crippen molar-refractivity contribution in [3.63, 3.8) is 0 Å². The van der Waals surface area contributed by atoms with Crippen LogP contribution in [0.4, 0.5) is 0 Å². The van der Waals surface area contributed by atoms with Gasteiger partial charge in [0.25, 0.3) is 0 Å². The van der Waals surface area contributed by atoms with Crippen molar-refractivity contribution in [3.05, 3.63) is 78.4 Å². The third kappa shape index (κ3) is 4.11. The second kappa shape index (κ2) is 8.09. The van der Waals surface area contributed by atoms with Crippen LogP contribution in [0.3, 0.4) is 0 Å². The van der Waals surface area contributed by atoms with E-state index >= 15 is 0 Å². The summed E-state index contributed by atoms with van der Waals surface area (Å²) >= 11 is 0. The number of hydrogen-bond acceptors (Lipinski definition) is 3. The van der Waals surface area contributed by atoms with E-state index in [1.54, 1.807) is 12.1 Å². The number of Topliss-reactive ketones (excluding diaryl/α,β-unsaturated/α-hetero) is 1. The van der Waals surface area contributed by atoms with Gasteiger partial charge in [0.1, 0.15) is 5.78 Å². The molecule has 0 radical (unpaired) electrons. The summed E-state index contributed by atoms with van der Waals surface area (Å²) in [6.45, 7) is 2.04. The van der Waals surface area contributed by atoms with Crippen LogP contribution in [-0.4, -0.2) is 14.2 Å². The minimum Gasteiger partial charge on any atom is -0.299 e. The zero-order valence-corrected chi connectivity index (χ0v) is 17.2. The molecule has 3 aromatic carbocycles. The van der Waals surface area contributed by atoms with Gasteiger partial charge in [-0.1, -0.05) is 67.6 Å². The average Bonchev–Trinajstić information content (AvgIpc) is 2.73. The summed E-state index contributed by atoms with van der Waals surface area (Å²) < 4.78 is 29.5. The molecular weight excluding hydrogens is 382 g/mol. The quantitative estimate of drug-likeness (QED) is 0.657. The number of fused-ring (bicyclic) bond motifs is 1. The zero-order chi connectivity index (χ0) is 20.4. The van der Waals surface area contributed by atoms with Crippen LogP contribution < -0.4 is 4.72 Å². The van der Waals surface area contributed by atoms with Crippen LogP contribution in [0.5, 0.6) is 0 Å². The monoisotopic (exact) mass is 407 g/mol. The Morgan fingerprint density at radius 1 is 0.931 bits per heavy atom. The molecule has 0 spiro atoms. The van der Waals surface area contributed by atoms with Gasteiger partial charge in [0.2, 0.25) is 10.0 Å². The molecule has 1 N–H and O–H groups in total. The van der Waals surface area contributed by atoms with Crippen LogP contribution in [-0.2, 0) is 14.8 Å². The normalized spacial score (nSPS) is 21.2. The summed E-state index contributed by atoms with van der Waals surface area (Å²) in [5.74, 6) is -0.0963. The Morgan fingerprint density at radius 2 is 1.62 bits per heavy atom. The summed E-state index contributed by atoms with van der Waals surface area (Å²) in [7, 11) is -3.80. The predicted molar refractivity (Wildman–Crippen MR) is 115 cm³/mol. The van der Waals surface area contributed by atoms with Gasteiger partial charge in [-0.15, -0.1) is 0 Å².